The fourth-order valence-electron chi connectivity index (χ4n) is 5.16. The molecule has 45 heavy (non-hydrogen) atoms. The van der Waals surface area contributed by atoms with E-state index < -0.39 is 17.7 Å². The number of aliphatic hydroxyl groups excluding tert-OH is 1. The van der Waals surface area contributed by atoms with E-state index in [9.17, 15) is 14.7 Å². The molecular formula is C36H31N3O4S2. The van der Waals surface area contributed by atoms with Gasteiger partial charge in [-0.3, -0.25) is 14.5 Å². The van der Waals surface area contributed by atoms with Crippen LogP contribution in [0.15, 0.2) is 113 Å². The molecule has 4 aromatic carbocycles. The van der Waals surface area contributed by atoms with Gasteiger partial charge in [0.25, 0.3) is 5.78 Å². The fraction of sp³-hybridized carbons (Fsp3) is 0.167. The molecule has 1 aromatic heterocycles. The number of anilines is 1. The number of benzene rings is 4. The monoisotopic (exact) mass is 633 g/mol. The summed E-state index contributed by atoms with van der Waals surface area (Å²) in [5.41, 5.74) is 5.58. The van der Waals surface area contributed by atoms with Gasteiger partial charge in [0.05, 0.1) is 11.6 Å². The van der Waals surface area contributed by atoms with Gasteiger partial charge in [-0.15, -0.1) is 10.2 Å². The topological polar surface area (TPSA) is 92.6 Å². The fourth-order valence-corrected chi connectivity index (χ4v) is 6.98. The molecule has 0 bridgehead atoms. The Bertz CT molecular complexity index is 1850. The van der Waals surface area contributed by atoms with Gasteiger partial charge < -0.3 is 9.84 Å². The zero-order valence-electron chi connectivity index (χ0n) is 24.8. The van der Waals surface area contributed by atoms with E-state index in [0.29, 0.717) is 38.7 Å². The molecule has 1 amide bonds. The van der Waals surface area contributed by atoms with Crippen LogP contribution < -0.4 is 9.64 Å². The molecule has 0 saturated carbocycles. The lowest BCUT2D eigenvalue weighted by Gasteiger charge is -2.22. The molecule has 1 N–H and O–H groups in total. The van der Waals surface area contributed by atoms with E-state index in [1.165, 1.54) is 28.0 Å². The predicted molar refractivity (Wildman–Crippen MR) is 178 cm³/mol. The van der Waals surface area contributed by atoms with E-state index in [2.05, 4.69) is 17.1 Å². The Kier molecular flexibility index (Phi) is 9.09. The van der Waals surface area contributed by atoms with Crippen molar-refractivity contribution >= 4 is 45.7 Å². The Balaban J connectivity index is 1.31. The SMILES string of the molecule is CCc1ccc(C2/C(=C(\O)c3ccc(OCc4ccccc4C)cc3)C(=O)C(=O)N2c2nnc(SCc3ccccc3)s2)cc1. The number of aliphatic hydroxyl groups is 1. The Labute approximate surface area is 270 Å². The highest BCUT2D eigenvalue weighted by Gasteiger charge is 2.48. The molecule has 1 saturated heterocycles. The highest BCUT2D eigenvalue weighted by molar-refractivity contribution is 8.00. The van der Waals surface area contributed by atoms with E-state index in [1.807, 2.05) is 85.8 Å². The van der Waals surface area contributed by atoms with Crippen LogP contribution in [0.25, 0.3) is 5.76 Å². The number of ether oxygens (including phenoxy) is 1. The second kappa shape index (κ2) is 13.5. The summed E-state index contributed by atoms with van der Waals surface area (Å²) in [6.07, 6.45) is 0.844. The van der Waals surface area contributed by atoms with Gasteiger partial charge in [0, 0.05) is 11.3 Å². The van der Waals surface area contributed by atoms with Crippen LogP contribution in [0.3, 0.4) is 0 Å². The van der Waals surface area contributed by atoms with Gasteiger partial charge in [-0.25, -0.2) is 0 Å². The van der Waals surface area contributed by atoms with E-state index >= 15 is 0 Å². The molecule has 1 fully saturated rings. The van der Waals surface area contributed by atoms with E-state index in [1.54, 1.807) is 24.3 Å². The van der Waals surface area contributed by atoms with E-state index in [0.717, 1.165) is 28.7 Å². The summed E-state index contributed by atoms with van der Waals surface area (Å²) in [5.74, 6) is -0.466. The van der Waals surface area contributed by atoms with Crippen molar-refractivity contribution < 1.29 is 19.4 Å². The molecule has 6 rings (SSSR count). The Hall–Kier alpha value is -4.73. The summed E-state index contributed by atoms with van der Waals surface area (Å²) >= 11 is 2.76. The summed E-state index contributed by atoms with van der Waals surface area (Å²) < 4.78 is 6.64. The highest BCUT2D eigenvalue weighted by Crippen LogP contribution is 2.44. The van der Waals surface area contributed by atoms with Crippen molar-refractivity contribution in [3.63, 3.8) is 0 Å². The van der Waals surface area contributed by atoms with Crippen molar-refractivity contribution in [2.75, 3.05) is 4.90 Å². The molecule has 226 valence electrons. The number of carbonyl (C=O) groups is 2. The summed E-state index contributed by atoms with van der Waals surface area (Å²) in [4.78, 5) is 28.6. The maximum atomic E-state index is 13.6. The lowest BCUT2D eigenvalue weighted by molar-refractivity contribution is -0.132. The number of carbonyl (C=O) groups excluding carboxylic acids is 2. The number of aryl methyl sites for hydroxylation is 2. The van der Waals surface area contributed by atoms with Gasteiger partial charge in [0.2, 0.25) is 5.13 Å². The maximum Gasteiger partial charge on any atom is 0.301 e. The second-order valence-electron chi connectivity index (χ2n) is 10.6. The summed E-state index contributed by atoms with van der Waals surface area (Å²) in [6, 6.07) is 31.8. The van der Waals surface area contributed by atoms with E-state index in [4.69, 9.17) is 4.74 Å². The normalized spacial score (nSPS) is 15.9. The molecule has 7 nitrogen and oxygen atoms in total. The smallest absolute Gasteiger partial charge is 0.301 e. The molecule has 1 atom stereocenters. The first-order valence-electron chi connectivity index (χ1n) is 14.6. The van der Waals surface area contributed by atoms with Crippen molar-refractivity contribution in [1.29, 1.82) is 0 Å². The van der Waals surface area contributed by atoms with Crippen LogP contribution in [-0.2, 0) is 28.4 Å². The van der Waals surface area contributed by atoms with Crippen LogP contribution in [0.4, 0.5) is 5.13 Å². The van der Waals surface area contributed by atoms with Crippen molar-refractivity contribution in [3.05, 3.63) is 142 Å². The molecule has 9 heteroatoms. The Morgan fingerprint density at radius 3 is 2.31 bits per heavy atom. The lowest BCUT2D eigenvalue weighted by Crippen LogP contribution is -2.29. The van der Waals surface area contributed by atoms with E-state index in [-0.39, 0.29) is 11.3 Å². The first kappa shape index (κ1) is 30.3. The van der Waals surface area contributed by atoms with Crippen LogP contribution in [0, 0.1) is 6.92 Å². The van der Waals surface area contributed by atoms with Gasteiger partial charge in [0.1, 0.15) is 18.1 Å². The Morgan fingerprint density at radius 1 is 0.889 bits per heavy atom. The van der Waals surface area contributed by atoms with Gasteiger partial charge in [-0.1, -0.05) is 109 Å². The van der Waals surface area contributed by atoms with Crippen LogP contribution in [0.2, 0.25) is 0 Å². The molecule has 1 aliphatic heterocycles. The molecule has 0 radical (unpaired) electrons. The third-order valence-corrected chi connectivity index (χ3v) is 9.87. The molecular weight excluding hydrogens is 603 g/mol. The number of hydrogen-bond donors (Lipinski definition) is 1. The second-order valence-corrected chi connectivity index (χ2v) is 12.8. The first-order valence-corrected chi connectivity index (χ1v) is 16.4. The molecule has 2 heterocycles. The summed E-state index contributed by atoms with van der Waals surface area (Å²) in [5, 5.41) is 20.5. The molecule has 0 spiro atoms. The molecule has 1 aliphatic rings. The molecule has 0 aliphatic carbocycles. The summed E-state index contributed by atoms with van der Waals surface area (Å²) in [7, 11) is 0. The van der Waals surface area contributed by atoms with Crippen molar-refractivity contribution in [2.24, 2.45) is 0 Å². The highest BCUT2D eigenvalue weighted by atomic mass is 32.2. The Morgan fingerprint density at radius 2 is 1.60 bits per heavy atom. The zero-order valence-corrected chi connectivity index (χ0v) is 26.5. The number of thioether (sulfide) groups is 1. The average molecular weight is 634 g/mol. The minimum Gasteiger partial charge on any atom is -0.507 e. The number of amides is 1. The van der Waals surface area contributed by atoms with Crippen LogP contribution in [0.5, 0.6) is 5.75 Å². The summed E-state index contributed by atoms with van der Waals surface area (Å²) in [6.45, 7) is 4.50. The molecule has 5 aromatic rings. The largest absolute Gasteiger partial charge is 0.507 e. The van der Waals surface area contributed by atoms with Crippen molar-refractivity contribution in [3.8, 4) is 5.75 Å². The molecule has 1 unspecified atom stereocenters. The number of aromatic nitrogens is 2. The minimum atomic E-state index is -0.868. The van der Waals surface area contributed by atoms with Crippen LogP contribution in [-0.4, -0.2) is 27.0 Å². The van der Waals surface area contributed by atoms with Crippen molar-refractivity contribution in [1.82, 2.24) is 10.2 Å². The number of nitrogens with zero attached hydrogens (tertiary/aromatic N) is 3. The van der Waals surface area contributed by atoms with Gasteiger partial charge >= 0.3 is 5.91 Å². The van der Waals surface area contributed by atoms with Gasteiger partial charge in [-0.2, -0.15) is 0 Å². The third kappa shape index (κ3) is 6.55. The quantitative estimate of drug-likeness (QED) is 0.0549. The first-order chi connectivity index (χ1) is 21.9. The standard InChI is InChI=1S/C36H31N3O4S2/c1-3-24-13-15-26(16-14-24)31-30(32(40)27-17-19-29(20-18-27)43-21-28-12-8-7-9-23(28)2)33(41)34(42)39(31)35-37-38-36(45-35)44-22-25-10-5-4-6-11-25/h4-20,31,40H,3,21-22H2,1-2H3/b32-30+. The predicted octanol–water partition coefficient (Wildman–Crippen LogP) is 7.91. The van der Waals surface area contributed by atoms with Crippen LogP contribution in [0.1, 0.15) is 46.3 Å². The number of hydrogen-bond acceptors (Lipinski definition) is 8. The van der Waals surface area contributed by atoms with Gasteiger partial charge in [-0.05, 0) is 65.4 Å². The number of rotatable bonds is 10. The third-order valence-electron chi connectivity index (χ3n) is 7.74. The lowest BCUT2D eigenvalue weighted by atomic mass is 9.94. The number of Topliss-reactive ketones (excluding diaryl/α,β-unsaturated/α-hetero) is 1. The maximum absolute atomic E-state index is 13.6. The minimum absolute atomic E-state index is 0.00603. The number of ketones is 1. The van der Waals surface area contributed by atoms with Gasteiger partial charge in [0.15, 0.2) is 4.34 Å². The van der Waals surface area contributed by atoms with Crippen molar-refractivity contribution in [2.45, 2.75) is 43.0 Å². The average Bonchev–Trinajstić information content (AvgIpc) is 3.65. The zero-order chi connectivity index (χ0) is 31.3. The van der Waals surface area contributed by atoms with Crippen LogP contribution >= 0.6 is 23.1 Å².